The van der Waals surface area contributed by atoms with E-state index in [4.69, 9.17) is 0 Å². The molecule has 2 aliphatic rings. The van der Waals surface area contributed by atoms with Crippen LogP contribution < -0.4 is 4.90 Å². The molecule has 0 heterocycles. The monoisotopic (exact) mass is 881 g/mol. The summed E-state index contributed by atoms with van der Waals surface area (Å²) in [7, 11) is 0. The number of hydrogen-bond donors (Lipinski definition) is 0. The molecule has 1 heteroatoms. The molecule has 69 heavy (non-hydrogen) atoms. The van der Waals surface area contributed by atoms with Crippen LogP contribution in [0.3, 0.4) is 0 Å². The number of anilines is 3. The molecule has 0 aliphatic heterocycles. The molecule has 0 N–H and O–H groups in total. The van der Waals surface area contributed by atoms with Gasteiger partial charge < -0.3 is 4.90 Å². The molecule has 0 bridgehead atoms. The van der Waals surface area contributed by atoms with Gasteiger partial charge >= 0.3 is 0 Å². The minimum atomic E-state index is -0.125. The van der Waals surface area contributed by atoms with Gasteiger partial charge in [-0.05, 0) is 141 Å². The maximum absolute atomic E-state index is 2.46. The Balaban J connectivity index is 0.962. The Labute approximate surface area is 405 Å². The van der Waals surface area contributed by atoms with E-state index in [2.05, 4.69) is 269 Å². The number of hydrogen-bond acceptors (Lipinski definition) is 1. The molecule has 13 rings (SSSR count). The van der Waals surface area contributed by atoms with Crippen LogP contribution in [0.4, 0.5) is 17.1 Å². The molecule has 0 spiro atoms. The Morgan fingerprint density at radius 2 is 0.812 bits per heavy atom. The highest BCUT2D eigenvalue weighted by Gasteiger charge is 2.38. The molecule has 0 unspecified atom stereocenters. The average molecular weight is 882 g/mol. The molecule has 11 aromatic rings. The quantitative estimate of drug-likeness (QED) is 0.144. The first kappa shape index (κ1) is 41.0. The van der Waals surface area contributed by atoms with Crippen LogP contribution in [-0.4, -0.2) is 0 Å². The first-order valence-corrected chi connectivity index (χ1v) is 24.3. The third kappa shape index (κ3) is 6.38. The van der Waals surface area contributed by atoms with Gasteiger partial charge in [-0.3, -0.25) is 0 Å². The average Bonchev–Trinajstić information content (AvgIpc) is 3.78. The van der Waals surface area contributed by atoms with Crippen LogP contribution in [0.1, 0.15) is 49.9 Å². The van der Waals surface area contributed by atoms with E-state index in [9.17, 15) is 0 Å². The fraction of sp³-hybridized carbons (Fsp3) is 0.0882. The maximum Gasteiger partial charge on any atom is 0.0540 e. The summed E-state index contributed by atoms with van der Waals surface area (Å²) < 4.78 is 0. The van der Waals surface area contributed by atoms with E-state index in [1.165, 1.54) is 111 Å². The molecule has 11 aromatic carbocycles. The fourth-order valence-electron chi connectivity index (χ4n) is 12.1. The van der Waals surface area contributed by atoms with E-state index in [0.717, 1.165) is 17.1 Å². The highest BCUT2D eigenvalue weighted by atomic mass is 15.1. The van der Waals surface area contributed by atoms with Gasteiger partial charge in [-0.15, -0.1) is 0 Å². The number of nitrogens with zero attached hydrogens (tertiary/aromatic N) is 1. The minimum Gasteiger partial charge on any atom is -0.310 e. The van der Waals surface area contributed by atoms with Gasteiger partial charge in [0.1, 0.15) is 0 Å². The zero-order valence-corrected chi connectivity index (χ0v) is 39.5. The summed E-state index contributed by atoms with van der Waals surface area (Å²) in [6.45, 7) is 9.49. The summed E-state index contributed by atoms with van der Waals surface area (Å²) in [5.74, 6) is 0. The van der Waals surface area contributed by atoms with Gasteiger partial charge in [0.2, 0.25) is 0 Å². The molecule has 0 amide bonds. The molecule has 2 aliphatic carbocycles. The summed E-state index contributed by atoms with van der Waals surface area (Å²) in [5, 5.41) is 5.05. The van der Waals surface area contributed by atoms with E-state index >= 15 is 0 Å². The summed E-state index contributed by atoms with van der Waals surface area (Å²) in [6, 6.07) is 88.1. The molecular formula is C68H51N. The third-order valence-electron chi connectivity index (χ3n) is 15.5. The second kappa shape index (κ2) is 15.7. The Kier molecular flexibility index (Phi) is 9.30. The largest absolute Gasteiger partial charge is 0.310 e. The summed E-state index contributed by atoms with van der Waals surface area (Å²) in [6.07, 6.45) is 0. The number of fused-ring (bicyclic) bond motifs is 9. The lowest BCUT2D eigenvalue weighted by atomic mass is 9.78. The molecular weight excluding hydrogens is 831 g/mol. The second-order valence-corrected chi connectivity index (χ2v) is 20.0. The predicted molar refractivity (Wildman–Crippen MR) is 293 cm³/mol. The van der Waals surface area contributed by atoms with Gasteiger partial charge in [-0.1, -0.05) is 228 Å². The Hall–Kier alpha value is -8.26. The van der Waals surface area contributed by atoms with Crippen LogP contribution in [0.25, 0.3) is 88.3 Å². The smallest absolute Gasteiger partial charge is 0.0540 e. The van der Waals surface area contributed by atoms with Crippen molar-refractivity contribution in [3.8, 4) is 66.8 Å². The molecule has 0 saturated carbocycles. The van der Waals surface area contributed by atoms with Crippen LogP contribution in [0.2, 0.25) is 0 Å². The van der Waals surface area contributed by atoms with Gasteiger partial charge in [0, 0.05) is 27.8 Å². The van der Waals surface area contributed by atoms with Crippen LogP contribution in [0.5, 0.6) is 0 Å². The highest BCUT2D eigenvalue weighted by Crippen LogP contribution is 2.54. The van der Waals surface area contributed by atoms with E-state index < -0.39 is 0 Å². The van der Waals surface area contributed by atoms with Crippen molar-refractivity contribution < 1.29 is 0 Å². The first-order chi connectivity index (χ1) is 33.8. The van der Waals surface area contributed by atoms with Crippen molar-refractivity contribution in [2.75, 3.05) is 4.90 Å². The molecule has 0 fully saturated rings. The van der Waals surface area contributed by atoms with Crippen molar-refractivity contribution in [2.24, 2.45) is 0 Å². The molecule has 1 nitrogen and oxygen atoms in total. The van der Waals surface area contributed by atoms with Gasteiger partial charge in [0.05, 0.1) is 5.69 Å². The van der Waals surface area contributed by atoms with Gasteiger partial charge in [-0.25, -0.2) is 0 Å². The summed E-state index contributed by atoms with van der Waals surface area (Å²) in [5.41, 5.74) is 23.7. The number of rotatable bonds is 7. The fourth-order valence-corrected chi connectivity index (χ4v) is 12.1. The normalized spacial score (nSPS) is 13.7. The Morgan fingerprint density at radius 3 is 1.61 bits per heavy atom. The number of para-hydroxylation sites is 1. The van der Waals surface area contributed by atoms with Gasteiger partial charge in [0.25, 0.3) is 0 Å². The van der Waals surface area contributed by atoms with Crippen LogP contribution in [-0.2, 0) is 10.8 Å². The summed E-state index contributed by atoms with van der Waals surface area (Å²) >= 11 is 0. The van der Waals surface area contributed by atoms with Crippen LogP contribution >= 0.6 is 0 Å². The van der Waals surface area contributed by atoms with Crippen molar-refractivity contribution in [1.82, 2.24) is 0 Å². The lowest BCUT2D eigenvalue weighted by Crippen LogP contribution is -2.16. The minimum absolute atomic E-state index is 0.111. The standard InChI is InChI=1S/C68H51N/c1-67(2)62-31-12-9-25-57(62)59-41-37-47(43-64(59)67)53-23-11-14-33-65(53)69(49-20-15-19-46(42-49)52-27-16-28-54-50-21-6-5-18-44(50)36-40-56(52)54)48-38-34-45(35-39-48)51-22-7-8-24-55(51)60-29-17-30-61-58-26-10-13-32-63(58)68(3,4)66(60)61/h5-43H,1-4H3. The predicted octanol–water partition coefficient (Wildman–Crippen LogP) is 18.7. The van der Waals surface area contributed by atoms with Crippen molar-refractivity contribution in [3.63, 3.8) is 0 Å². The molecule has 328 valence electrons. The topological polar surface area (TPSA) is 3.24 Å². The number of benzene rings is 11. The molecule has 0 saturated heterocycles. The van der Waals surface area contributed by atoms with Gasteiger partial charge in [0.15, 0.2) is 0 Å². The lowest BCUT2D eigenvalue weighted by molar-refractivity contribution is 0.660. The molecule has 0 aromatic heterocycles. The lowest BCUT2D eigenvalue weighted by Gasteiger charge is -2.29. The van der Waals surface area contributed by atoms with Crippen molar-refractivity contribution in [2.45, 2.75) is 38.5 Å². The van der Waals surface area contributed by atoms with Gasteiger partial charge in [-0.2, -0.15) is 0 Å². The van der Waals surface area contributed by atoms with E-state index in [1.54, 1.807) is 0 Å². The van der Waals surface area contributed by atoms with Crippen molar-refractivity contribution in [3.05, 3.63) is 259 Å². The third-order valence-corrected chi connectivity index (χ3v) is 15.5. The molecule has 0 radical (unpaired) electrons. The Bertz CT molecular complexity index is 3850. The van der Waals surface area contributed by atoms with E-state index in [0.29, 0.717) is 0 Å². The summed E-state index contributed by atoms with van der Waals surface area (Å²) in [4.78, 5) is 2.46. The molecule has 0 atom stereocenters. The van der Waals surface area contributed by atoms with Crippen molar-refractivity contribution >= 4 is 38.6 Å². The van der Waals surface area contributed by atoms with E-state index in [1.807, 2.05) is 0 Å². The zero-order chi connectivity index (χ0) is 46.4. The van der Waals surface area contributed by atoms with Crippen molar-refractivity contribution in [1.29, 1.82) is 0 Å². The first-order valence-electron chi connectivity index (χ1n) is 24.3. The Morgan fingerprint density at radius 1 is 0.275 bits per heavy atom. The second-order valence-electron chi connectivity index (χ2n) is 20.0. The maximum atomic E-state index is 2.46. The van der Waals surface area contributed by atoms with E-state index in [-0.39, 0.29) is 10.8 Å². The van der Waals surface area contributed by atoms with Crippen LogP contribution in [0, 0.1) is 0 Å². The SMILES string of the molecule is CC1(C)c2ccccc2-c2ccc(-c3ccccc3N(c3ccc(-c4ccccc4-c4cccc5c4C(C)(C)c4ccccc4-5)cc3)c3cccc(-c4cccc5c4ccc4ccccc45)c3)cc21. The zero-order valence-electron chi connectivity index (χ0n) is 39.5. The van der Waals surface area contributed by atoms with Crippen LogP contribution in [0.15, 0.2) is 237 Å². The highest BCUT2D eigenvalue weighted by molar-refractivity contribution is 6.12.